The van der Waals surface area contributed by atoms with Crippen LogP contribution in [-0.4, -0.2) is 43.6 Å². The van der Waals surface area contributed by atoms with Gasteiger partial charge in [-0.2, -0.15) is 0 Å². The second-order valence-electron chi connectivity index (χ2n) is 5.59. The van der Waals surface area contributed by atoms with Crippen LogP contribution in [0, 0.1) is 0 Å². The lowest BCUT2D eigenvalue weighted by Crippen LogP contribution is -2.50. The van der Waals surface area contributed by atoms with Crippen LogP contribution in [0.5, 0.6) is 5.75 Å². The summed E-state index contributed by atoms with van der Waals surface area (Å²) < 4.78 is 5.53. The fraction of sp³-hybridized carbons (Fsp3) is 0.533. The maximum absolute atomic E-state index is 12.3. The highest BCUT2D eigenvalue weighted by Gasteiger charge is 2.33. The molecule has 0 atom stereocenters. The molecule has 0 spiro atoms. The van der Waals surface area contributed by atoms with Crippen molar-refractivity contribution < 1.29 is 9.53 Å². The van der Waals surface area contributed by atoms with E-state index in [-0.39, 0.29) is 18.6 Å². The standard InChI is InChI=1S/C15H21N3O2/c1-17-6-4-12(5-7-17)18-13-8-11(9-16)2-3-14(13)20-10-15(18)19/h2-3,8,12H,4-7,9-10,16H2,1H3. The van der Waals surface area contributed by atoms with E-state index in [1.807, 2.05) is 23.1 Å². The lowest BCUT2D eigenvalue weighted by molar-refractivity contribution is -0.122. The van der Waals surface area contributed by atoms with Gasteiger partial charge >= 0.3 is 0 Å². The van der Waals surface area contributed by atoms with Crippen LogP contribution in [0.4, 0.5) is 5.69 Å². The lowest BCUT2D eigenvalue weighted by atomic mass is 10.0. The Hall–Kier alpha value is -1.59. The van der Waals surface area contributed by atoms with Gasteiger partial charge in [-0.1, -0.05) is 6.07 Å². The predicted molar refractivity (Wildman–Crippen MR) is 77.8 cm³/mol. The molecule has 1 fully saturated rings. The average Bonchev–Trinajstić information content (AvgIpc) is 2.48. The fourth-order valence-corrected chi connectivity index (χ4v) is 3.00. The summed E-state index contributed by atoms with van der Waals surface area (Å²) in [5, 5.41) is 0. The van der Waals surface area contributed by atoms with E-state index in [0.717, 1.165) is 42.9 Å². The van der Waals surface area contributed by atoms with Crippen molar-refractivity contribution in [1.29, 1.82) is 0 Å². The zero-order valence-corrected chi connectivity index (χ0v) is 11.8. The molecule has 0 radical (unpaired) electrons. The minimum atomic E-state index is 0.0567. The molecule has 0 aliphatic carbocycles. The zero-order valence-electron chi connectivity index (χ0n) is 11.8. The van der Waals surface area contributed by atoms with E-state index in [4.69, 9.17) is 10.5 Å². The van der Waals surface area contributed by atoms with Gasteiger partial charge in [-0.15, -0.1) is 0 Å². The second kappa shape index (κ2) is 5.42. The molecule has 3 rings (SSSR count). The number of rotatable bonds is 2. The van der Waals surface area contributed by atoms with Crippen molar-refractivity contribution in [2.24, 2.45) is 5.73 Å². The molecule has 1 amide bonds. The van der Waals surface area contributed by atoms with Gasteiger partial charge in [0, 0.05) is 12.6 Å². The highest BCUT2D eigenvalue weighted by Crippen LogP contribution is 2.36. The molecule has 1 aromatic rings. The number of likely N-dealkylation sites (tertiary alicyclic amines) is 1. The van der Waals surface area contributed by atoms with E-state index in [0.29, 0.717) is 6.54 Å². The number of carbonyl (C=O) groups is 1. The molecule has 2 heterocycles. The summed E-state index contributed by atoms with van der Waals surface area (Å²) in [5.41, 5.74) is 7.62. The van der Waals surface area contributed by atoms with Gasteiger partial charge in [0.05, 0.1) is 5.69 Å². The molecule has 5 nitrogen and oxygen atoms in total. The number of ether oxygens (including phenoxy) is 1. The van der Waals surface area contributed by atoms with Gasteiger partial charge < -0.3 is 20.3 Å². The number of nitrogens with two attached hydrogens (primary N) is 1. The van der Waals surface area contributed by atoms with Crippen LogP contribution in [0.15, 0.2) is 18.2 Å². The summed E-state index contributed by atoms with van der Waals surface area (Å²) in [7, 11) is 2.12. The molecule has 108 valence electrons. The Bertz CT molecular complexity index is 510. The largest absolute Gasteiger partial charge is 0.482 e. The normalized spacial score (nSPS) is 20.7. The van der Waals surface area contributed by atoms with Crippen LogP contribution in [0.3, 0.4) is 0 Å². The Kier molecular flexibility index (Phi) is 3.63. The number of benzene rings is 1. The molecule has 1 aromatic carbocycles. The first-order valence-corrected chi connectivity index (χ1v) is 7.15. The number of fused-ring (bicyclic) bond motifs is 1. The first-order chi connectivity index (χ1) is 9.69. The van der Waals surface area contributed by atoms with Crippen molar-refractivity contribution in [2.75, 3.05) is 31.6 Å². The Morgan fingerprint density at radius 3 is 2.80 bits per heavy atom. The smallest absolute Gasteiger partial charge is 0.265 e. The highest BCUT2D eigenvalue weighted by molar-refractivity contribution is 5.98. The maximum atomic E-state index is 12.3. The average molecular weight is 275 g/mol. The molecule has 2 N–H and O–H groups in total. The van der Waals surface area contributed by atoms with Gasteiger partial charge in [0.15, 0.2) is 6.61 Å². The molecule has 20 heavy (non-hydrogen) atoms. The van der Waals surface area contributed by atoms with Crippen LogP contribution in [-0.2, 0) is 11.3 Å². The van der Waals surface area contributed by atoms with Gasteiger partial charge in [-0.05, 0) is 50.7 Å². The molecule has 2 aliphatic heterocycles. The van der Waals surface area contributed by atoms with Gasteiger partial charge in [0.1, 0.15) is 5.75 Å². The summed E-state index contributed by atoms with van der Waals surface area (Å²) in [4.78, 5) is 16.5. The van der Waals surface area contributed by atoms with E-state index in [1.54, 1.807) is 0 Å². The Labute approximate surface area is 119 Å². The fourth-order valence-electron chi connectivity index (χ4n) is 3.00. The molecule has 1 saturated heterocycles. The second-order valence-corrected chi connectivity index (χ2v) is 5.59. The monoisotopic (exact) mass is 275 g/mol. The lowest BCUT2D eigenvalue weighted by Gasteiger charge is -2.40. The van der Waals surface area contributed by atoms with Gasteiger partial charge in [-0.25, -0.2) is 0 Å². The Morgan fingerprint density at radius 2 is 2.10 bits per heavy atom. The summed E-state index contributed by atoms with van der Waals surface area (Å²) in [6.45, 7) is 2.67. The number of piperidine rings is 1. The number of carbonyl (C=O) groups excluding carboxylic acids is 1. The summed E-state index contributed by atoms with van der Waals surface area (Å²) >= 11 is 0. The summed E-state index contributed by atoms with van der Waals surface area (Å²) in [5.74, 6) is 0.849. The van der Waals surface area contributed by atoms with E-state index in [2.05, 4.69) is 11.9 Å². The highest BCUT2D eigenvalue weighted by atomic mass is 16.5. The zero-order chi connectivity index (χ0) is 14.1. The van der Waals surface area contributed by atoms with E-state index >= 15 is 0 Å². The topological polar surface area (TPSA) is 58.8 Å². The van der Waals surface area contributed by atoms with Crippen LogP contribution in [0.2, 0.25) is 0 Å². The Morgan fingerprint density at radius 1 is 1.35 bits per heavy atom. The quantitative estimate of drug-likeness (QED) is 0.873. The molecule has 0 bridgehead atoms. The van der Waals surface area contributed by atoms with Crippen molar-refractivity contribution in [3.63, 3.8) is 0 Å². The van der Waals surface area contributed by atoms with E-state index in [1.165, 1.54) is 0 Å². The van der Waals surface area contributed by atoms with Gasteiger partial charge in [0.2, 0.25) is 0 Å². The first-order valence-electron chi connectivity index (χ1n) is 7.15. The molecule has 0 unspecified atom stereocenters. The third-order valence-electron chi connectivity index (χ3n) is 4.19. The van der Waals surface area contributed by atoms with Crippen LogP contribution >= 0.6 is 0 Å². The van der Waals surface area contributed by atoms with Crippen molar-refractivity contribution in [1.82, 2.24) is 4.90 Å². The predicted octanol–water partition coefficient (Wildman–Crippen LogP) is 0.965. The van der Waals surface area contributed by atoms with E-state index < -0.39 is 0 Å². The minimum absolute atomic E-state index is 0.0567. The third-order valence-corrected chi connectivity index (χ3v) is 4.19. The number of hydrogen-bond acceptors (Lipinski definition) is 4. The summed E-state index contributed by atoms with van der Waals surface area (Å²) in [6, 6.07) is 6.15. The number of amides is 1. The van der Waals surface area contributed by atoms with Crippen LogP contribution in [0.1, 0.15) is 18.4 Å². The molecule has 2 aliphatic rings. The molecule has 0 aromatic heterocycles. The SMILES string of the molecule is CN1CCC(N2C(=O)COc3ccc(CN)cc32)CC1. The molecular weight excluding hydrogens is 254 g/mol. The minimum Gasteiger partial charge on any atom is -0.482 e. The van der Waals surface area contributed by atoms with Crippen LogP contribution < -0.4 is 15.4 Å². The number of nitrogens with zero attached hydrogens (tertiary/aromatic N) is 2. The molecule has 5 heteroatoms. The maximum Gasteiger partial charge on any atom is 0.265 e. The molecule has 0 saturated carbocycles. The molecular formula is C15H21N3O2. The van der Waals surface area contributed by atoms with Crippen molar-refractivity contribution in [3.05, 3.63) is 23.8 Å². The van der Waals surface area contributed by atoms with Crippen molar-refractivity contribution in [3.8, 4) is 5.75 Å². The number of anilines is 1. The Balaban J connectivity index is 1.92. The van der Waals surface area contributed by atoms with Crippen molar-refractivity contribution in [2.45, 2.75) is 25.4 Å². The van der Waals surface area contributed by atoms with Crippen molar-refractivity contribution >= 4 is 11.6 Å². The first kappa shape index (κ1) is 13.4. The van der Waals surface area contributed by atoms with Gasteiger partial charge in [0.25, 0.3) is 5.91 Å². The number of hydrogen-bond donors (Lipinski definition) is 1. The van der Waals surface area contributed by atoms with E-state index in [9.17, 15) is 4.79 Å². The summed E-state index contributed by atoms with van der Waals surface area (Å²) in [6.07, 6.45) is 2.02. The van der Waals surface area contributed by atoms with Gasteiger partial charge in [-0.3, -0.25) is 4.79 Å². The van der Waals surface area contributed by atoms with Crippen LogP contribution in [0.25, 0.3) is 0 Å². The third kappa shape index (κ3) is 2.39.